The van der Waals surface area contributed by atoms with E-state index in [0.29, 0.717) is 16.3 Å². The topological polar surface area (TPSA) is 66.6 Å². The summed E-state index contributed by atoms with van der Waals surface area (Å²) in [5, 5.41) is 14.4. The average molecular weight is 307 g/mol. The largest absolute Gasteiger partial charge is 0.385 e. The minimum absolute atomic E-state index is 0.150. The Balaban J connectivity index is 2.07. The molecule has 1 N–H and O–H groups in total. The Morgan fingerprint density at radius 2 is 2.05 bits per heavy atom. The molecule has 1 aliphatic rings. The van der Waals surface area contributed by atoms with Crippen LogP contribution in [0.25, 0.3) is 11.3 Å². The SMILES string of the molecule is CC(O)c1onc(-c2ccc(Cl)cc2)c1C(=O)N1CCC1. The van der Waals surface area contributed by atoms with Crippen molar-refractivity contribution in [3.8, 4) is 11.3 Å². The van der Waals surface area contributed by atoms with E-state index in [4.69, 9.17) is 16.1 Å². The first-order valence-electron chi connectivity index (χ1n) is 6.81. The Morgan fingerprint density at radius 3 is 2.57 bits per heavy atom. The van der Waals surface area contributed by atoms with Gasteiger partial charge in [-0.25, -0.2) is 0 Å². The summed E-state index contributed by atoms with van der Waals surface area (Å²) in [5.41, 5.74) is 1.52. The standard InChI is InChI=1S/C15H15ClN2O3/c1-9(19)14-12(15(20)18-7-2-8-18)13(17-21-14)10-3-5-11(16)6-4-10/h3-6,9,19H,2,7-8H2,1H3. The Kier molecular flexibility index (Phi) is 3.69. The molecule has 3 rings (SSSR count). The zero-order valence-electron chi connectivity index (χ0n) is 11.5. The zero-order chi connectivity index (χ0) is 15.0. The van der Waals surface area contributed by atoms with Crippen LogP contribution in [-0.2, 0) is 0 Å². The number of amides is 1. The molecule has 110 valence electrons. The number of rotatable bonds is 3. The first-order valence-corrected chi connectivity index (χ1v) is 7.18. The molecule has 5 nitrogen and oxygen atoms in total. The van der Waals surface area contributed by atoms with Crippen molar-refractivity contribution in [2.45, 2.75) is 19.4 Å². The second-order valence-corrected chi connectivity index (χ2v) is 5.54. The zero-order valence-corrected chi connectivity index (χ0v) is 12.3. The van der Waals surface area contributed by atoms with Gasteiger partial charge in [-0.2, -0.15) is 0 Å². The van der Waals surface area contributed by atoms with Gasteiger partial charge < -0.3 is 14.5 Å². The van der Waals surface area contributed by atoms with E-state index in [1.54, 1.807) is 36.1 Å². The third kappa shape index (κ3) is 2.54. The predicted octanol–water partition coefficient (Wildman–Crippen LogP) is 2.89. The van der Waals surface area contributed by atoms with Crippen LogP contribution in [0.5, 0.6) is 0 Å². The van der Waals surface area contributed by atoms with Gasteiger partial charge in [-0.3, -0.25) is 4.79 Å². The highest BCUT2D eigenvalue weighted by molar-refractivity contribution is 6.30. The number of likely N-dealkylation sites (tertiary alicyclic amines) is 1. The van der Waals surface area contributed by atoms with Gasteiger partial charge in [-0.05, 0) is 25.5 Å². The van der Waals surface area contributed by atoms with Gasteiger partial charge in [0.15, 0.2) is 5.76 Å². The van der Waals surface area contributed by atoms with Gasteiger partial charge in [0, 0.05) is 23.7 Å². The third-order valence-corrected chi connectivity index (χ3v) is 3.82. The molecule has 1 fully saturated rings. The van der Waals surface area contributed by atoms with Gasteiger partial charge >= 0.3 is 0 Å². The van der Waals surface area contributed by atoms with Crippen molar-refractivity contribution >= 4 is 17.5 Å². The second kappa shape index (κ2) is 5.50. The molecule has 1 saturated heterocycles. The van der Waals surface area contributed by atoms with Gasteiger partial charge in [0.25, 0.3) is 5.91 Å². The van der Waals surface area contributed by atoms with Crippen LogP contribution in [0, 0.1) is 0 Å². The van der Waals surface area contributed by atoms with Gasteiger partial charge in [-0.1, -0.05) is 28.9 Å². The van der Waals surface area contributed by atoms with Gasteiger partial charge in [0.1, 0.15) is 17.4 Å². The van der Waals surface area contributed by atoms with E-state index in [-0.39, 0.29) is 11.7 Å². The summed E-state index contributed by atoms with van der Waals surface area (Å²) < 4.78 is 5.20. The van der Waals surface area contributed by atoms with Gasteiger partial charge in [0.2, 0.25) is 0 Å². The first-order chi connectivity index (χ1) is 10.1. The lowest BCUT2D eigenvalue weighted by Gasteiger charge is -2.31. The van der Waals surface area contributed by atoms with Crippen molar-refractivity contribution in [2.75, 3.05) is 13.1 Å². The third-order valence-electron chi connectivity index (χ3n) is 3.57. The van der Waals surface area contributed by atoms with Crippen LogP contribution in [0.3, 0.4) is 0 Å². The van der Waals surface area contributed by atoms with Crippen molar-refractivity contribution in [1.82, 2.24) is 10.1 Å². The maximum absolute atomic E-state index is 12.6. The number of halogens is 1. The summed E-state index contributed by atoms with van der Waals surface area (Å²) in [6, 6.07) is 7.01. The number of aliphatic hydroxyl groups excluding tert-OH is 1. The van der Waals surface area contributed by atoms with E-state index < -0.39 is 6.10 Å². The Labute approximate surface area is 127 Å². The van der Waals surface area contributed by atoms with E-state index in [0.717, 1.165) is 25.1 Å². The molecule has 6 heteroatoms. The highest BCUT2D eigenvalue weighted by atomic mass is 35.5. The number of carbonyl (C=O) groups is 1. The highest BCUT2D eigenvalue weighted by Gasteiger charge is 2.31. The number of aromatic nitrogens is 1. The molecule has 2 aromatic rings. The summed E-state index contributed by atoms with van der Waals surface area (Å²) in [7, 11) is 0. The molecule has 0 spiro atoms. The van der Waals surface area contributed by atoms with E-state index in [1.807, 2.05) is 0 Å². The van der Waals surface area contributed by atoms with Crippen LogP contribution in [0.4, 0.5) is 0 Å². The minimum Gasteiger partial charge on any atom is -0.385 e. The Morgan fingerprint density at radius 1 is 1.38 bits per heavy atom. The Hall–Kier alpha value is -1.85. The first kappa shape index (κ1) is 14.1. The number of carbonyl (C=O) groups excluding carboxylic acids is 1. The average Bonchev–Trinajstić information content (AvgIpc) is 2.82. The molecular weight excluding hydrogens is 292 g/mol. The van der Waals surface area contributed by atoms with Crippen LogP contribution >= 0.6 is 11.6 Å². The maximum atomic E-state index is 12.6. The maximum Gasteiger partial charge on any atom is 0.259 e. The van der Waals surface area contributed by atoms with E-state index in [1.165, 1.54) is 0 Å². The molecule has 1 amide bonds. The monoisotopic (exact) mass is 306 g/mol. The summed E-state index contributed by atoms with van der Waals surface area (Å²) >= 11 is 5.88. The van der Waals surface area contributed by atoms with Crippen molar-refractivity contribution in [1.29, 1.82) is 0 Å². The highest BCUT2D eigenvalue weighted by Crippen LogP contribution is 2.31. The lowest BCUT2D eigenvalue weighted by molar-refractivity contribution is 0.0641. The summed E-state index contributed by atoms with van der Waals surface area (Å²) in [5.74, 6) is 0.0557. The van der Waals surface area contributed by atoms with E-state index in [2.05, 4.69) is 5.16 Å². The molecule has 21 heavy (non-hydrogen) atoms. The van der Waals surface area contributed by atoms with Crippen molar-refractivity contribution in [3.05, 3.63) is 40.6 Å². The molecule has 0 saturated carbocycles. The van der Waals surface area contributed by atoms with Gasteiger partial charge in [-0.15, -0.1) is 0 Å². The molecule has 1 unspecified atom stereocenters. The molecule has 0 bridgehead atoms. The number of aliphatic hydroxyl groups is 1. The molecular formula is C15H15ClN2O3. The number of hydrogen-bond acceptors (Lipinski definition) is 4. The fourth-order valence-corrected chi connectivity index (χ4v) is 2.40. The van der Waals surface area contributed by atoms with Crippen molar-refractivity contribution in [3.63, 3.8) is 0 Å². The van der Waals surface area contributed by atoms with Crippen LogP contribution in [0.2, 0.25) is 5.02 Å². The molecule has 1 aromatic heterocycles. The van der Waals surface area contributed by atoms with Crippen LogP contribution in [0.15, 0.2) is 28.8 Å². The van der Waals surface area contributed by atoms with Crippen molar-refractivity contribution < 1.29 is 14.4 Å². The second-order valence-electron chi connectivity index (χ2n) is 5.10. The molecule has 1 aromatic carbocycles. The summed E-state index contributed by atoms with van der Waals surface area (Å²) in [6.07, 6.45) is 0.107. The Bertz CT molecular complexity index is 660. The smallest absolute Gasteiger partial charge is 0.259 e. The molecule has 1 aliphatic heterocycles. The lowest BCUT2D eigenvalue weighted by Crippen LogP contribution is -2.42. The predicted molar refractivity (Wildman–Crippen MR) is 78.1 cm³/mol. The van der Waals surface area contributed by atoms with E-state index in [9.17, 15) is 9.90 Å². The normalized spacial score (nSPS) is 15.7. The summed E-state index contributed by atoms with van der Waals surface area (Å²) in [4.78, 5) is 14.3. The van der Waals surface area contributed by atoms with Gasteiger partial charge in [0.05, 0.1) is 0 Å². The minimum atomic E-state index is -0.890. The molecule has 2 heterocycles. The summed E-state index contributed by atoms with van der Waals surface area (Å²) in [6.45, 7) is 3.01. The number of nitrogens with zero attached hydrogens (tertiary/aromatic N) is 2. The van der Waals surface area contributed by atoms with Crippen LogP contribution in [-0.4, -0.2) is 34.2 Å². The molecule has 0 radical (unpaired) electrons. The fraction of sp³-hybridized carbons (Fsp3) is 0.333. The van der Waals surface area contributed by atoms with E-state index >= 15 is 0 Å². The van der Waals surface area contributed by atoms with Crippen LogP contribution in [0.1, 0.15) is 35.6 Å². The number of benzene rings is 1. The van der Waals surface area contributed by atoms with Crippen LogP contribution < -0.4 is 0 Å². The molecule has 0 aliphatic carbocycles. The lowest BCUT2D eigenvalue weighted by atomic mass is 10.0. The van der Waals surface area contributed by atoms with Crippen molar-refractivity contribution in [2.24, 2.45) is 0 Å². The fourth-order valence-electron chi connectivity index (χ4n) is 2.28. The number of hydrogen-bond donors (Lipinski definition) is 1. The molecule has 1 atom stereocenters. The quantitative estimate of drug-likeness (QED) is 0.947.